The molecule has 1 rings (SSSR count). The lowest BCUT2D eigenvalue weighted by Gasteiger charge is -2.22. The van der Waals surface area contributed by atoms with Crippen LogP contribution in [0, 0.1) is 11.3 Å². The standard InChI is InChI=1S/C13H16N2O/c1-4-7-15(3)13-8-11(9-14)5-6-12(13)10(2)16/h4-6,8,10,16H,1,7H2,2-3H3/t10-/m1/s1. The molecule has 0 amide bonds. The van der Waals surface area contributed by atoms with Crippen molar-refractivity contribution in [2.45, 2.75) is 13.0 Å². The fourth-order valence-corrected chi connectivity index (χ4v) is 1.59. The van der Waals surface area contributed by atoms with Gasteiger partial charge in [0.15, 0.2) is 0 Å². The van der Waals surface area contributed by atoms with Crippen LogP contribution in [-0.2, 0) is 0 Å². The van der Waals surface area contributed by atoms with E-state index in [-0.39, 0.29) is 0 Å². The maximum absolute atomic E-state index is 9.65. The maximum atomic E-state index is 9.65. The van der Waals surface area contributed by atoms with Crippen LogP contribution in [-0.4, -0.2) is 18.7 Å². The molecule has 0 aliphatic heterocycles. The van der Waals surface area contributed by atoms with E-state index in [1.165, 1.54) is 0 Å². The van der Waals surface area contributed by atoms with E-state index < -0.39 is 6.10 Å². The van der Waals surface area contributed by atoms with E-state index in [4.69, 9.17) is 5.26 Å². The van der Waals surface area contributed by atoms with Gasteiger partial charge in [0.05, 0.1) is 17.7 Å². The fourth-order valence-electron chi connectivity index (χ4n) is 1.59. The highest BCUT2D eigenvalue weighted by atomic mass is 16.3. The van der Waals surface area contributed by atoms with Gasteiger partial charge in [0, 0.05) is 24.8 Å². The second kappa shape index (κ2) is 5.34. The smallest absolute Gasteiger partial charge is 0.0992 e. The second-order valence-corrected chi connectivity index (χ2v) is 3.73. The Hall–Kier alpha value is -1.79. The number of rotatable bonds is 4. The summed E-state index contributed by atoms with van der Waals surface area (Å²) in [5.74, 6) is 0. The summed E-state index contributed by atoms with van der Waals surface area (Å²) in [7, 11) is 1.91. The summed E-state index contributed by atoms with van der Waals surface area (Å²) in [6.07, 6.45) is 1.24. The van der Waals surface area contributed by atoms with E-state index in [2.05, 4.69) is 12.6 Å². The molecule has 0 unspecified atom stereocenters. The van der Waals surface area contributed by atoms with Gasteiger partial charge in [-0.25, -0.2) is 0 Å². The number of nitriles is 1. The molecule has 0 spiro atoms. The maximum Gasteiger partial charge on any atom is 0.0992 e. The lowest BCUT2D eigenvalue weighted by atomic mass is 10.0. The van der Waals surface area contributed by atoms with Crippen LogP contribution in [0.15, 0.2) is 30.9 Å². The summed E-state index contributed by atoms with van der Waals surface area (Å²) in [4.78, 5) is 1.95. The monoisotopic (exact) mass is 216 g/mol. The van der Waals surface area contributed by atoms with Crippen molar-refractivity contribution in [3.63, 3.8) is 0 Å². The van der Waals surface area contributed by atoms with Crippen LogP contribution in [0.5, 0.6) is 0 Å². The van der Waals surface area contributed by atoms with Crippen molar-refractivity contribution < 1.29 is 5.11 Å². The number of nitrogens with zero attached hydrogens (tertiary/aromatic N) is 2. The molecule has 16 heavy (non-hydrogen) atoms. The van der Waals surface area contributed by atoms with Gasteiger partial charge in [0.25, 0.3) is 0 Å². The largest absolute Gasteiger partial charge is 0.389 e. The average Bonchev–Trinajstić information content (AvgIpc) is 2.28. The molecule has 1 aromatic rings. The molecule has 84 valence electrons. The molecule has 1 aromatic carbocycles. The Morgan fingerprint density at radius 1 is 1.62 bits per heavy atom. The van der Waals surface area contributed by atoms with Crippen molar-refractivity contribution >= 4 is 5.69 Å². The molecule has 0 heterocycles. The highest BCUT2D eigenvalue weighted by Gasteiger charge is 2.11. The van der Waals surface area contributed by atoms with Crippen molar-refractivity contribution in [1.29, 1.82) is 5.26 Å². The zero-order chi connectivity index (χ0) is 12.1. The molecule has 0 saturated heterocycles. The topological polar surface area (TPSA) is 47.3 Å². The Bertz CT molecular complexity index is 418. The Kier molecular flexibility index (Phi) is 4.10. The van der Waals surface area contributed by atoms with E-state index in [1.807, 2.05) is 11.9 Å². The Balaban J connectivity index is 3.20. The van der Waals surface area contributed by atoms with Crippen molar-refractivity contribution in [3.8, 4) is 6.07 Å². The van der Waals surface area contributed by atoms with Gasteiger partial charge >= 0.3 is 0 Å². The summed E-state index contributed by atoms with van der Waals surface area (Å²) in [6.45, 7) is 6.06. The first-order chi connectivity index (χ1) is 7.60. The van der Waals surface area contributed by atoms with Crippen LogP contribution in [0.2, 0.25) is 0 Å². The highest BCUT2D eigenvalue weighted by Crippen LogP contribution is 2.26. The van der Waals surface area contributed by atoms with Crippen LogP contribution >= 0.6 is 0 Å². The quantitative estimate of drug-likeness (QED) is 0.785. The van der Waals surface area contributed by atoms with Gasteiger partial charge in [-0.05, 0) is 19.1 Å². The van der Waals surface area contributed by atoms with Crippen LogP contribution in [0.4, 0.5) is 5.69 Å². The van der Waals surface area contributed by atoms with Gasteiger partial charge in [0.2, 0.25) is 0 Å². The van der Waals surface area contributed by atoms with Gasteiger partial charge in [-0.2, -0.15) is 5.26 Å². The van der Waals surface area contributed by atoms with Crippen molar-refractivity contribution in [2.75, 3.05) is 18.5 Å². The van der Waals surface area contributed by atoms with Gasteiger partial charge < -0.3 is 10.0 Å². The molecule has 0 aromatic heterocycles. The van der Waals surface area contributed by atoms with Gasteiger partial charge in [-0.1, -0.05) is 12.1 Å². The summed E-state index contributed by atoms with van der Waals surface area (Å²) in [5.41, 5.74) is 2.28. The number of aliphatic hydroxyl groups excluding tert-OH is 1. The lowest BCUT2D eigenvalue weighted by Crippen LogP contribution is -2.19. The van der Waals surface area contributed by atoms with Crippen molar-refractivity contribution in [3.05, 3.63) is 42.0 Å². The van der Waals surface area contributed by atoms with Crippen LogP contribution in [0.1, 0.15) is 24.2 Å². The molecule has 0 bridgehead atoms. The SMILES string of the molecule is C=CCN(C)c1cc(C#N)ccc1[C@@H](C)O. The van der Waals surface area contributed by atoms with E-state index in [9.17, 15) is 5.11 Å². The molecule has 0 fully saturated rings. The Morgan fingerprint density at radius 3 is 2.81 bits per heavy atom. The molecule has 0 aliphatic carbocycles. The lowest BCUT2D eigenvalue weighted by molar-refractivity contribution is 0.199. The summed E-state index contributed by atoms with van der Waals surface area (Å²) >= 11 is 0. The first-order valence-corrected chi connectivity index (χ1v) is 5.14. The zero-order valence-corrected chi connectivity index (χ0v) is 9.64. The summed E-state index contributed by atoms with van der Waals surface area (Å²) in [5, 5.41) is 18.5. The minimum Gasteiger partial charge on any atom is -0.389 e. The van der Waals surface area contributed by atoms with E-state index in [0.29, 0.717) is 12.1 Å². The molecule has 0 radical (unpaired) electrons. The third kappa shape index (κ3) is 2.62. The minimum absolute atomic E-state index is 0.546. The third-order valence-corrected chi connectivity index (χ3v) is 2.42. The molecular weight excluding hydrogens is 200 g/mol. The molecule has 3 nitrogen and oxygen atoms in total. The van der Waals surface area contributed by atoms with Crippen molar-refractivity contribution in [1.82, 2.24) is 0 Å². The number of likely N-dealkylation sites (N-methyl/N-ethyl adjacent to an activating group) is 1. The minimum atomic E-state index is -0.546. The predicted molar refractivity (Wildman–Crippen MR) is 65.3 cm³/mol. The van der Waals surface area contributed by atoms with E-state index >= 15 is 0 Å². The fraction of sp³-hybridized carbons (Fsp3) is 0.308. The zero-order valence-electron chi connectivity index (χ0n) is 9.64. The Morgan fingerprint density at radius 2 is 2.31 bits per heavy atom. The first-order valence-electron chi connectivity index (χ1n) is 5.14. The molecule has 0 aliphatic rings. The first kappa shape index (κ1) is 12.3. The number of anilines is 1. The molecule has 1 N–H and O–H groups in total. The summed E-state index contributed by atoms with van der Waals surface area (Å²) < 4.78 is 0. The number of benzene rings is 1. The summed E-state index contributed by atoms with van der Waals surface area (Å²) in [6, 6.07) is 7.39. The van der Waals surface area contributed by atoms with Crippen molar-refractivity contribution in [2.24, 2.45) is 0 Å². The third-order valence-electron chi connectivity index (χ3n) is 2.42. The van der Waals surface area contributed by atoms with Gasteiger partial charge in [-0.3, -0.25) is 0 Å². The molecule has 3 heteroatoms. The predicted octanol–water partition coefficient (Wildman–Crippen LogP) is 2.23. The van der Waals surface area contributed by atoms with Crippen LogP contribution < -0.4 is 4.90 Å². The normalized spacial score (nSPS) is 11.6. The Labute approximate surface area is 96.2 Å². The second-order valence-electron chi connectivity index (χ2n) is 3.73. The number of hydrogen-bond donors (Lipinski definition) is 1. The average molecular weight is 216 g/mol. The number of hydrogen-bond acceptors (Lipinski definition) is 3. The van der Waals surface area contributed by atoms with E-state index in [0.717, 1.165) is 11.3 Å². The highest BCUT2D eigenvalue weighted by molar-refractivity contribution is 5.58. The van der Waals surface area contributed by atoms with Gasteiger partial charge in [-0.15, -0.1) is 6.58 Å². The van der Waals surface area contributed by atoms with E-state index in [1.54, 1.807) is 31.2 Å². The number of aliphatic hydroxyl groups is 1. The molecule has 1 atom stereocenters. The molecule has 0 saturated carbocycles. The van der Waals surface area contributed by atoms with Crippen LogP contribution in [0.25, 0.3) is 0 Å². The van der Waals surface area contributed by atoms with Gasteiger partial charge in [0.1, 0.15) is 0 Å². The van der Waals surface area contributed by atoms with Crippen LogP contribution in [0.3, 0.4) is 0 Å². The molecular formula is C13H16N2O.